The van der Waals surface area contributed by atoms with E-state index in [-0.39, 0.29) is 17.8 Å². The molecule has 1 unspecified atom stereocenters. The summed E-state index contributed by atoms with van der Waals surface area (Å²) in [7, 11) is 0. The summed E-state index contributed by atoms with van der Waals surface area (Å²) >= 11 is 3.50. The molecule has 23 heavy (non-hydrogen) atoms. The maximum absolute atomic E-state index is 12.9. The molecule has 0 saturated carbocycles. The van der Waals surface area contributed by atoms with Crippen molar-refractivity contribution in [3.8, 4) is 0 Å². The lowest BCUT2D eigenvalue weighted by Crippen LogP contribution is -2.30. The van der Waals surface area contributed by atoms with Gasteiger partial charge in [-0.3, -0.25) is 4.79 Å². The van der Waals surface area contributed by atoms with E-state index < -0.39 is 0 Å². The third-order valence-corrected chi connectivity index (χ3v) is 4.84. The Kier molecular flexibility index (Phi) is 5.11. The highest BCUT2D eigenvalue weighted by molar-refractivity contribution is 9.10. The molecule has 1 aliphatic heterocycles. The molecule has 3 rings (SSSR count). The number of halogens is 2. The third kappa shape index (κ3) is 3.99. The van der Waals surface area contributed by atoms with Gasteiger partial charge in [-0.25, -0.2) is 4.39 Å². The van der Waals surface area contributed by atoms with E-state index >= 15 is 0 Å². The summed E-state index contributed by atoms with van der Waals surface area (Å²) in [5, 5.41) is 0. The summed E-state index contributed by atoms with van der Waals surface area (Å²) in [4.78, 5) is 14.6. The first-order chi connectivity index (χ1) is 11.1. The second-order valence-corrected chi connectivity index (χ2v) is 6.84. The van der Waals surface area contributed by atoms with Crippen LogP contribution in [0.1, 0.15) is 36.4 Å². The molecule has 0 aliphatic carbocycles. The molecule has 1 atom stereocenters. The van der Waals surface area contributed by atoms with E-state index in [0.717, 1.165) is 29.4 Å². The minimum Gasteiger partial charge on any atom is -0.336 e. The summed E-state index contributed by atoms with van der Waals surface area (Å²) in [6, 6.07) is 14.7. The predicted octanol–water partition coefficient (Wildman–Crippen LogP) is 4.88. The van der Waals surface area contributed by atoms with Gasteiger partial charge in [-0.15, -0.1) is 0 Å². The number of carbonyl (C=O) groups is 1. The van der Waals surface area contributed by atoms with Crippen molar-refractivity contribution in [3.05, 3.63) is 69.9 Å². The number of rotatable bonds is 4. The fourth-order valence-electron chi connectivity index (χ4n) is 3.17. The highest BCUT2D eigenvalue weighted by atomic mass is 79.9. The highest BCUT2D eigenvalue weighted by Gasteiger charge is 2.29. The first-order valence-electron chi connectivity index (χ1n) is 7.93. The maximum atomic E-state index is 12.9. The van der Waals surface area contributed by atoms with Gasteiger partial charge in [-0.05, 0) is 54.7 Å². The Morgan fingerprint density at radius 3 is 2.74 bits per heavy atom. The third-order valence-electron chi connectivity index (χ3n) is 4.35. The largest absolute Gasteiger partial charge is 0.336 e. The van der Waals surface area contributed by atoms with Crippen LogP contribution in [0.15, 0.2) is 53.0 Å². The number of aryl methyl sites for hydroxylation is 1. The number of likely N-dealkylation sites (tertiary alicyclic amines) is 1. The Morgan fingerprint density at radius 1 is 1.22 bits per heavy atom. The van der Waals surface area contributed by atoms with E-state index in [1.165, 1.54) is 17.7 Å². The monoisotopic (exact) mass is 375 g/mol. The van der Waals surface area contributed by atoms with Gasteiger partial charge < -0.3 is 4.90 Å². The molecule has 2 aromatic rings. The van der Waals surface area contributed by atoms with Crippen LogP contribution in [0.5, 0.6) is 0 Å². The van der Waals surface area contributed by atoms with Gasteiger partial charge in [0.1, 0.15) is 5.82 Å². The SMILES string of the molecule is O=C(CCc1ccc(F)cc1)N1CCCC1c1cccc(Br)c1. The quantitative estimate of drug-likeness (QED) is 0.745. The number of amides is 1. The lowest BCUT2D eigenvalue weighted by molar-refractivity contribution is -0.132. The minimum absolute atomic E-state index is 0.174. The zero-order valence-corrected chi connectivity index (χ0v) is 14.4. The van der Waals surface area contributed by atoms with Crippen molar-refractivity contribution in [2.45, 2.75) is 31.7 Å². The van der Waals surface area contributed by atoms with Crippen molar-refractivity contribution >= 4 is 21.8 Å². The average Bonchev–Trinajstić information content (AvgIpc) is 3.04. The Hall–Kier alpha value is -1.68. The van der Waals surface area contributed by atoms with Gasteiger partial charge in [0.05, 0.1) is 6.04 Å². The molecule has 1 saturated heterocycles. The van der Waals surface area contributed by atoms with E-state index in [2.05, 4.69) is 28.1 Å². The number of nitrogens with zero attached hydrogens (tertiary/aromatic N) is 1. The maximum Gasteiger partial charge on any atom is 0.223 e. The Bertz CT molecular complexity index is 686. The molecule has 120 valence electrons. The van der Waals surface area contributed by atoms with Crippen LogP contribution in [-0.2, 0) is 11.2 Å². The van der Waals surface area contributed by atoms with Crippen LogP contribution in [0.4, 0.5) is 4.39 Å². The van der Waals surface area contributed by atoms with Crippen LogP contribution in [0.25, 0.3) is 0 Å². The molecule has 0 aromatic heterocycles. The highest BCUT2D eigenvalue weighted by Crippen LogP contribution is 2.33. The van der Waals surface area contributed by atoms with Crippen LogP contribution in [0.2, 0.25) is 0 Å². The number of benzene rings is 2. The van der Waals surface area contributed by atoms with E-state index in [4.69, 9.17) is 0 Å². The molecular formula is C19H19BrFNO. The molecule has 1 fully saturated rings. The second-order valence-electron chi connectivity index (χ2n) is 5.93. The molecule has 2 nitrogen and oxygen atoms in total. The predicted molar refractivity (Wildman–Crippen MR) is 92.6 cm³/mol. The minimum atomic E-state index is -0.241. The summed E-state index contributed by atoms with van der Waals surface area (Å²) in [5.41, 5.74) is 2.19. The molecule has 2 aromatic carbocycles. The zero-order valence-electron chi connectivity index (χ0n) is 12.8. The van der Waals surface area contributed by atoms with Crippen molar-refractivity contribution in [2.24, 2.45) is 0 Å². The van der Waals surface area contributed by atoms with Gasteiger partial charge in [0.2, 0.25) is 5.91 Å². The van der Waals surface area contributed by atoms with Gasteiger partial charge in [0, 0.05) is 17.4 Å². The molecular weight excluding hydrogens is 357 g/mol. The van der Waals surface area contributed by atoms with Crippen LogP contribution in [-0.4, -0.2) is 17.4 Å². The van der Waals surface area contributed by atoms with E-state index in [9.17, 15) is 9.18 Å². The van der Waals surface area contributed by atoms with Gasteiger partial charge in [-0.1, -0.05) is 40.2 Å². The van der Waals surface area contributed by atoms with E-state index in [1.807, 2.05) is 17.0 Å². The van der Waals surface area contributed by atoms with Crippen LogP contribution in [0.3, 0.4) is 0 Å². The normalized spacial score (nSPS) is 17.5. The van der Waals surface area contributed by atoms with E-state index in [0.29, 0.717) is 12.8 Å². The summed E-state index contributed by atoms with van der Waals surface area (Å²) < 4.78 is 14.0. The first-order valence-corrected chi connectivity index (χ1v) is 8.72. The summed E-state index contributed by atoms with van der Waals surface area (Å²) in [6.07, 6.45) is 3.18. The Morgan fingerprint density at radius 2 is 2.00 bits per heavy atom. The zero-order chi connectivity index (χ0) is 16.2. The summed E-state index contributed by atoms with van der Waals surface area (Å²) in [5.74, 6) is -0.0638. The fraction of sp³-hybridized carbons (Fsp3) is 0.316. The number of carbonyl (C=O) groups excluding carboxylic acids is 1. The lowest BCUT2D eigenvalue weighted by Gasteiger charge is -2.25. The van der Waals surface area contributed by atoms with Crippen LogP contribution < -0.4 is 0 Å². The smallest absolute Gasteiger partial charge is 0.223 e. The first kappa shape index (κ1) is 16.2. The van der Waals surface area contributed by atoms with Gasteiger partial charge in [0.25, 0.3) is 0 Å². The van der Waals surface area contributed by atoms with Gasteiger partial charge >= 0.3 is 0 Å². The number of hydrogen-bond acceptors (Lipinski definition) is 1. The van der Waals surface area contributed by atoms with Crippen molar-refractivity contribution < 1.29 is 9.18 Å². The van der Waals surface area contributed by atoms with Crippen molar-refractivity contribution in [2.75, 3.05) is 6.54 Å². The summed E-state index contributed by atoms with van der Waals surface area (Å²) in [6.45, 7) is 0.819. The molecule has 0 radical (unpaired) electrons. The second kappa shape index (κ2) is 7.26. The molecule has 1 aliphatic rings. The van der Waals surface area contributed by atoms with Crippen molar-refractivity contribution in [1.29, 1.82) is 0 Å². The molecule has 0 spiro atoms. The van der Waals surface area contributed by atoms with Crippen molar-refractivity contribution in [1.82, 2.24) is 4.90 Å². The van der Waals surface area contributed by atoms with Gasteiger partial charge in [0.15, 0.2) is 0 Å². The molecule has 1 amide bonds. The van der Waals surface area contributed by atoms with Crippen LogP contribution >= 0.6 is 15.9 Å². The Balaban J connectivity index is 1.65. The standard InChI is InChI=1S/C19H19BrFNO/c20-16-4-1-3-15(13-16)18-5-2-12-22(18)19(23)11-8-14-6-9-17(21)10-7-14/h1,3-4,6-7,9-10,13,18H,2,5,8,11-12H2. The molecule has 4 heteroatoms. The van der Waals surface area contributed by atoms with Crippen molar-refractivity contribution in [3.63, 3.8) is 0 Å². The molecule has 1 heterocycles. The van der Waals surface area contributed by atoms with E-state index in [1.54, 1.807) is 12.1 Å². The van der Waals surface area contributed by atoms with Crippen LogP contribution in [0, 0.1) is 5.82 Å². The Labute approximate surface area is 144 Å². The fourth-order valence-corrected chi connectivity index (χ4v) is 3.59. The topological polar surface area (TPSA) is 20.3 Å². The number of hydrogen-bond donors (Lipinski definition) is 0. The van der Waals surface area contributed by atoms with Gasteiger partial charge in [-0.2, -0.15) is 0 Å². The average molecular weight is 376 g/mol. The molecule has 0 N–H and O–H groups in total. The molecule has 0 bridgehead atoms. The lowest BCUT2D eigenvalue weighted by atomic mass is 10.0.